The van der Waals surface area contributed by atoms with Gasteiger partial charge in [0, 0.05) is 44.1 Å². The van der Waals surface area contributed by atoms with Gasteiger partial charge in [-0.2, -0.15) is 0 Å². The SMILES string of the molecule is CN=C(NCCC1CC1)N(C)Cc1cc(Br)cn1C.I. The molecule has 6 heteroatoms. The van der Waals surface area contributed by atoms with Crippen molar-refractivity contribution in [3.05, 3.63) is 22.4 Å². The zero-order valence-electron chi connectivity index (χ0n) is 12.4. The van der Waals surface area contributed by atoms with E-state index in [-0.39, 0.29) is 24.0 Å². The number of nitrogens with zero attached hydrogens (tertiary/aromatic N) is 3. The smallest absolute Gasteiger partial charge is 0.193 e. The molecule has 1 heterocycles. The Morgan fingerprint density at radius 2 is 2.25 bits per heavy atom. The van der Waals surface area contributed by atoms with Crippen molar-refractivity contribution in [3.8, 4) is 0 Å². The maximum absolute atomic E-state index is 4.35. The van der Waals surface area contributed by atoms with Crippen LogP contribution in [0.1, 0.15) is 25.0 Å². The number of rotatable bonds is 5. The minimum atomic E-state index is 0. The highest BCUT2D eigenvalue weighted by atomic mass is 127. The number of halogens is 2. The van der Waals surface area contributed by atoms with Crippen molar-refractivity contribution in [1.82, 2.24) is 14.8 Å². The van der Waals surface area contributed by atoms with E-state index < -0.39 is 0 Å². The van der Waals surface area contributed by atoms with Crippen molar-refractivity contribution in [1.29, 1.82) is 0 Å². The highest BCUT2D eigenvalue weighted by molar-refractivity contribution is 14.0. The fourth-order valence-electron chi connectivity index (χ4n) is 2.22. The predicted octanol–water partition coefficient (Wildman–Crippen LogP) is 3.21. The number of aryl methyl sites for hydroxylation is 1. The maximum Gasteiger partial charge on any atom is 0.193 e. The highest BCUT2D eigenvalue weighted by Gasteiger charge is 2.20. The quantitative estimate of drug-likeness (QED) is 0.421. The molecule has 1 N–H and O–H groups in total. The normalized spacial score (nSPS) is 14.9. The fraction of sp³-hybridized carbons (Fsp3) is 0.643. The standard InChI is InChI=1S/C14H23BrN4.HI/c1-16-14(17-7-6-11-4-5-11)19(3)10-13-8-12(15)9-18(13)2;/h8-9,11H,4-7,10H2,1-3H3,(H,16,17);1H. The van der Waals surface area contributed by atoms with Gasteiger partial charge in [0.1, 0.15) is 0 Å². The Kier molecular flexibility index (Phi) is 7.36. The van der Waals surface area contributed by atoms with Gasteiger partial charge in [0.2, 0.25) is 0 Å². The van der Waals surface area contributed by atoms with Crippen LogP contribution in [0.5, 0.6) is 0 Å². The first-order valence-electron chi connectivity index (χ1n) is 6.82. The lowest BCUT2D eigenvalue weighted by atomic mass is 10.3. The molecule has 0 bridgehead atoms. The average molecular weight is 455 g/mol. The second-order valence-corrected chi connectivity index (χ2v) is 6.24. The Labute approximate surface area is 147 Å². The first-order valence-corrected chi connectivity index (χ1v) is 7.62. The third-order valence-electron chi connectivity index (χ3n) is 3.58. The summed E-state index contributed by atoms with van der Waals surface area (Å²) < 4.78 is 3.26. The van der Waals surface area contributed by atoms with Gasteiger partial charge in [-0.05, 0) is 34.3 Å². The molecule has 0 amide bonds. The van der Waals surface area contributed by atoms with Crippen LogP contribution in [-0.4, -0.2) is 36.1 Å². The van der Waals surface area contributed by atoms with Gasteiger partial charge in [0.15, 0.2) is 5.96 Å². The molecule has 1 saturated carbocycles. The van der Waals surface area contributed by atoms with Gasteiger partial charge in [0.05, 0.1) is 6.54 Å². The predicted molar refractivity (Wildman–Crippen MR) is 98.7 cm³/mol. The van der Waals surface area contributed by atoms with Crippen molar-refractivity contribution in [2.24, 2.45) is 18.0 Å². The van der Waals surface area contributed by atoms with Gasteiger partial charge in [-0.15, -0.1) is 24.0 Å². The highest BCUT2D eigenvalue weighted by Crippen LogP contribution is 2.31. The van der Waals surface area contributed by atoms with E-state index >= 15 is 0 Å². The summed E-state index contributed by atoms with van der Waals surface area (Å²) in [5.74, 6) is 1.93. The molecule has 0 unspecified atom stereocenters. The van der Waals surface area contributed by atoms with Crippen molar-refractivity contribution < 1.29 is 0 Å². The largest absolute Gasteiger partial charge is 0.356 e. The molecule has 1 fully saturated rings. The number of guanidine groups is 1. The summed E-state index contributed by atoms with van der Waals surface area (Å²) in [6.45, 7) is 1.88. The van der Waals surface area contributed by atoms with Crippen LogP contribution in [0.2, 0.25) is 0 Å². The van der Waals surface area contributed by atoms with E-state index in [0.29, 0.717) is 0 Å². The van der Waals surface area contributed by atoms with E-state index in [1.165, 1.54) is 25.0 Å². The van der Waals surface area contributed by atoms with E-state index in [9.17, 15) is 0 Å². The van der Waals surface area contributed by atoms with Crippen molar-refractivity contribution >= 4 is 45.9 Å². The third-order valence-corrected chi connectivity index (χ3v) is 4.01. The molecule has 4 nitrogen and oxygen atoms in total. The van der Waals surface area contributed by atoms with Gasteiger partial charge in [-0.3, -0.25) is 4.99 Å². The summed E-state index contributed by atoms with van der Waals surface area (Å²) in [6.07, 6.45) is 6.16. The average Bonchev–Trinajstić information content (AvgIpc) is 3.12. The summed E-state index contributed by atoms with van der Waals surface area (Å²) in [6, 6.07) is 2.15. The van der Waals surface area contributed by atoms with Gasteiger partial charge >= 0.3 is 0 Å². The minimum absolute atomic E-state index is 0. The molecule has 114 valence electrons. The lowest BCUT2D eigenvalue weighted by Gasteiger charge is -2.22. The molecule has 0 aromatic carbocycles. The Hall–Kier alpha value is -0.240. The lowest BCUT2D eigenvalue weighted by molar-refractivity contribution is 0.460. The number of hydrogen-bond donors (Lipinski definition) is 1. The van der Waals surface area contributed by atoms with Crippen molar-refractivity contribution in [2.45, 2.75) is 25.8 Å². The first kappa shape index (κ1) is 17.8. The second-order valence-electron chi connectivity index (χ2n) is 5.32. The zero-order chi connectivity index (χ0) is 13.8. The summed E-state index contributed by atoms with van der Waals surface area (Å²) >= 11 is 3.51. The zero-order valence-corrected chi connectivity index (χ0v) is 16.3. The van der Waals surface area contributed by atoms with E-state index in [2.05, 4.69) is 62.1 Å². The van der Waals surface area contributed by atoms with Crippen LogP contribution >= 0.6 is 39.9 Å². The number of aromatic nitrogens is 1. The molecule has 20 heavy (non-hydrogen) atoms. The summed E-state index contributed by atoms with van der Waals surface area (Å²) in [4.78, 5) is 6.51. The molecule has 0 saturated heterocycles. The van der Waals surface area contributed by atoms with Gasteiger partial charge in [-0.1, -0.05) is 12.8 Å². The molecule has 1 aliphatic rings. The second kappa shape index (κ2) is 8.26. The fourth-order valence-corrected chi connectivity index (χ4v) is 2.79. The Bertz CT molecular complexity index is 454. The molecule has 0 spiro atoms. The molecule has 1 aromatic heterocycles. The van der Waals surface area contributed by atoms with E-state index in [1.54, 1.807) is 0 Å². The molecular weight excluding hydrogens is 431 g/mol. The molecule has 1 aromatic rings. The van der Waals surface area contributed by atoms with Crippen LogP contribution in [0.25, 0.3) is 0 Å². The summed E-state index contributed by atoms with van der Waals surface area (Å²) in [5, 5.41) is 3.44. The Balaban J connectivity index is 0.00000200. The molecule has 0 aliphatic heterocycles. The number of aliphatic imine (C=N–C) groups is 1. The first-order chi connectivity index (χ1) is 9.10. The minimum Gasteiger partial charge on any atom is -0.356 e. The van der Waals surface area contributed by atoms with Crippen molar-refractivity contribution in [2.75, 3.05) is 20.6 Å². The Morgan fingerprint density at radius 1 is 1.55 bits per heavy atom. The summed E-state index contributed by atoms with van der Waals surface area (Å²) in [7, 11) is 5.99. The van der Waals surface area contributed by atoms with Crippen LogP contribution in [0.3, 0.4) is 0 Å². The maximum atomic E-state index is 4.35. The van der Waals surface area contributed by atoms with Crippen LogP contribution in [-0.2, 0) is 13.6 Å². The van der Waals surface area contributed by atoms with E-state index in [0.717, 1.165) is 29.4 Å². The van der Waals surface area contributed by atoms with Crippen LogP contribution in [0.15, 0.2) is 21.7 Å². The van der Waals surface area contributed by atoms with Gasteiger partial charge in [-0.25, -0.2) is 0 Å². The molecule has 1 aliphatic carbocycles. The van der Waals surface area contributed by atoms with Crippen LogP contribution in [0.4, 0.5) is 0 Å². The number of nitrogens with one attached hydrogen (secondary N) is 1. The number of hydrogen-bond acceptors (Lipinski definition) is 1. The van der Waals surface area contributed by atoms with E-state index in [4.69, 9.17) is 0 Å². The molecule has 0 atom stereocenters. The van der Waals surface area contributed by atoms with Crippen LogP contribution < -0.4 is 5.32 Å². The van der Waals surface area contributed by atoms with E-state index in [1.807, 2.05) is 7.05 Å². The van der Waals surface area contributed by atoms with Crippen LogP contribution in [0, 0.1) is 5.92 Å². The topological polar surface area (TPSA) is 32.6 Å². The third kappa shape index (κ3) is 5.27. The Morgan fingerprint density at radius 3 is 2.75 bits per heavy atom. The van der Waals surface area contributed by atoms with Crippen molar-refractivity contribution in [3.63, 3.8) is 0 Å². The van der Waals surface area contributed by atoms with Gasteiger partial charge in [0.25, 0.3) is 0 Å². The molecule has 0 radical (unpaired) electrons. The lowest BCUT2D eigenvalue weighted by Crippen LogP contribution is -2.39. The summed E-state index contributed by atoms with van der Waals surface area (Å²) in [5.41, 5.74) is 1.26. The molecular formula is C14H24BrIN4. The monoisotopic (exact) mass is 454 g/mol. The molecule has 2 rings (SSSR count). The van der Waals surface area contributed by atoms with Gasteiger partial charge < -0.3 is 14.8 Å².